The molecular weight excluding hydrogens is 500 g/mol. The molecule has 0 bridgehead atoms. The zero-order valence-electron chi connectivity index (χ0n) is 23.6. The first kappa shape index (κ1) is 33.1. The molecule has 0 heterocycles. The molecule has 0 radical (unpaired) electrons. The lowest BCUT2D eigenvalue weighted by Crippen LogP contribution is -1.75. The van der Waals surface area contributed by atoms with Crippen molar-refractivity contribution in [3.8, 4) is 28.7 Å². The normalized spacial score (nSPS) is 9.10. The highest BCUT2D eigenvalue weighted by atomic mass is 16.3. The molecule has 5 heteroatoms. The summed E-state index contributed by atoms with van der Waals surface area (Å²) in [6.07, 6.45) is 1.03. The van der Waals surface area contributed by atoms with Gasteiger partial charge in [0.15, 0.2) is 0 Å². The summed E-state index contributed by atoms with van der Waals surface area (Å²) < 4.78 is 0. The van der Waals surface area contributed by atoms with E-state index < -0.39 is 0 Å². The summed E-state index contributed by atoms with van der Waals surface area (Å²) in [6.45, 7) is 7.89. The van der Waals surface area contributed by atoms with E-state index >= 15 is 0 Å². The SMILES string of the molecule is CCc1ccc(O)cc1.Cc1ccc(O)cc1.Cc1cccc(O)c1.Cc1ccccc1O.Oc1ccccc1. The third kappa shape index (κ3) is 16.0. The number of phenols is 5. The van der Waals surface area contributed by atoms with Gasteiger partial charge in [0.1, 0.15) is 28.7 Å². The Morgan fingerprint density at radius 2 is 0.900 bits per heavy atom. The van der Waals surface area contributed by atoms with Crippen LogP contribution in [0.4, 0.5) is 0 Å². The van der Waals surface area contributed by atoms with E-state index in [1.54, 1.807) is 66.7 Å². The lowest BCUT2D eigenvalue weighted by atomic mass is 10.2. The van der Waals surface area contributed by atoms with Gasteiger partial charge in [-0.25, -0.2) is 0 Å². The van der Waals surface area contributed by atoms with Crippen molar-refractivity contribution in [1.29, 1.82) is 0 Å². The first-order chi connectivity index (χ1) is 19.1. The van der Waals surface area contributed by atoms with Gasteiger partial charge in [-0.05, 0) is 98.5 Å². The highest BCUT2D eigenvalue weighted by Gasteiger charge is 1.88. The van der Waals surface area contributed by atoms with Gasteiger partial charge in [0.05, 0.1) is 0 Å². The molecule has 0 saturated heterocycles. The molecule has 5 rings (SSSR count). The second-order valence-corrected chi connectivity index (χ2v) is 8.82. The quantitative estimate of drug-likeness (QED) is 0.147. The molecule has 0 aliphatic rings. The first-order valence-electron chi connectivity index (χ1n) is 12.9. The monoisotopic (exact) mass is 540 g/mol. The van der Waals surface area contributed by atoms with Crippen LogP contribution in [0, 0.1) is 20.8 Å². The first-order valence-corrected chi connectivity index (χ1v) is 12.9. The summed E-state index contributed by atoms with van der Waals surface area (Å²) in [6, 6.07) is 37.5. The number of hydrogen-bond donors (Lipinski definition) is 5. The van der Waals surface area contributed by atoms with Gasteiger partial charge in [-0.3, -0.25) is 0 Å². The van der Waals surface area contributed by atoms with Crippen LogP contribution < -0.4 is 0 Å². The van der Waals surface area contributed by atoms with Crippen LogP contribution in [-0.2, 0) is 6.42 Å². The zero-order chi connectivity index (χ0) is 29.8. The zero-order valence-corrected chi connectivity index (χ0v) is 23.6. The van der Waals surface area contributed by atoms with Crippen molar-refractivity contribution in [2.45, 2.75) is 34.1 Å². The topological polar surface area (TPSA) is 101 Å². The van der Waals surface area contributed by atoms with Crippen LogP contribution in [0.15, 0.2) is 127 Å². The molecule has 0 aliphatic carbocycles. The smallest absolute Gasteiger partial charge is 0.118 e. The summed E-state index contributed by atoms with van der Waals surface area (Å²) >= 11 is 0. The second kappa shape index (κ2) is 19.2. The van der Waals surface area contributed by atoms with Crippen LogP contribution in [-0.4, -0.2) is 25.5 Å². The largest absolute Gasteiger partial charge is 0.508 e. The lowest BCUT2D eigenvalue weighted by Gasteiger charge is -1.93. The molecule has 0 spiro atoms. The van der Waals surface area contributed by atoms with Gasteiger partial charge in [-0.2, -0.15) is 0 Å². The van der Waals surface area contributed by atoms with Crippen LogP contribution >= 0.6 is 0 Å². The average Bonchev–Trinajstić information content (AvgIpc) is 2.94. The molecule has 40 heavy (non-hydrogen) atoms. The van der Waals surface area contributed by atoms with Crippen molar-refractivity contribution in [1.82, 2.24) is 0 Å². The van der Waals surface area contributed by atoms with Gasteiger partial charge in [0.25, 0.3) is 0 Å². The molecule has 5 nitrogen and oxygen atoms in total. The van der Waals surface area contributed by atoms with E-state index in [0.717, 1.165) is 17.5 Å². The Labute approximate surface area is 237 Å². The highest BCUT2D eigenvalue weighted by molar-refractivity contribution is 5.30. The molecule has 0 atom stereocenters. The van der Waals surface area contributed by atoms with Gasteiger partial charge in [0, 0.05) is 0 Å². The van der Waals surface area contributed by atoms with Crippen LogP contribution in [0.5, 0.6) is 28.7 Å². The number of aryl methyl sites for hydroxylation is 4. The fraction of sp³-hybridized carbons (Fsp3) is 0.143. The molecular formula is C35H40O5. The van der Waals surface area contributed by atoms with Gasteiger partial charge >= 0.3 is 0 Å². The average molecular weight is 541 g/mol. The minimum absolute atomic E-state index is 0.322. The van der Waals surface area contributed by atoms with Gasteiger partial charge in [-0.15, -0.1) is 0 Å². The molecule has 0 aliphatic heterocycles. The number of aromatic hydroxyl groups is 5. The van der Waals surface area contributed by atoms with Crippen LogP contribution in [0.25, 0.3) is 0 Å². The van der Waals surface area contributed by atoms with Crippen molar-refractivity contribution in [3.05, 3.63) is 150 Å². The van der Waals surface area contributed by atoms with E-state index in [-0.39, 0.29) is 0 Å². The minimum atomic E-state index is 0.322. The Morgan fingerprint density at radius 1 is 0.425 bits per heavy atom. The van der Waals surface area contributed by atoms with Gasteiger partial charge in [0.2, 0.25) is 0 Å². The van der Waals surface area contributed by atoms with Crippen LogP contribution in [0.3, 0.4) is 0 Å². The second-order valence-electron chi connectivity index (χ2n) is 8.82. The molecule has 0 aromatic heterocycles. The van der Waals surface area contributed by atoms with Gasteiger partial charge < -0.3 is 25.5 Å². The Bertz CT molecular complexity index is 1270. The standard InChI is InChI=1S/C8H10O.3C7H8O.C6H6O/c1-2-7-3-5-8(9)6-4-7;1-6-2-4-7(8)5-3-6;1-6-3-2-4-7(8)5-6;1-6-4-2-3-5-7(6)8;7-6-4-2-1-3-5-6/h3-6,9H,2H2,1H3;3*2-5,8H,1H3;1-5,7H. The van der Waals surface area contributed by atoms with Crippen molar-refractivity contribution in [2.75, 3.05) is 0 Å². The fourth-order valence-corrected chi connectivity index (χ4v) is 2.90. The van der Waals surface area contributed by atoms with E-state index in [0.29, 0.717) is 28.7 Å². The Morgan fingerprint density at radius 3 is 1.25 bits per heavy atom. The molecule has 0 unspecified atom stereocenters. The van der Waals surface area contributed by atoms with Crippen molar-refractivity contribution >= 4 is 0 Å². The number of phenolic OH excluding ortho intramolecular Hbond substituents is 5. The summed E-state index contributed by atoms with van der Waals surface area (Å²) in [5.74, 6) is 1.70. The summed E-state index contributed by atoms with van der Waals surface area (Å²) in [4.78, 5) is 0. The van der Waals surface area contributed by atoms with E-state index in [2.05, 4.69) is 6.92 Å². The number of rotatable bonds is 1. The van der Waals surface area contributed by atoms with Crippen LogP contribution in [0.2, 0.25) is 0 Å². The molecule has 0 saturated carbocycles. The Balaban J connectivity index is 0.000000250. The third-order valence-electron chi connectivity index (χ3n) is 5.25. The van der Waals surface area contributed by atoms with E-state index in [4.69, 9.17) is 25.5 Å². The summed E-state index contributed by atoms with van der Waals surface area (Å²) in [5.41, 5.74) is 4.44. The summed E-state index contributed by atoms with van der Waals surface area (Å²) in [7, 11) is 0. The summed E-state index contributed by atoms with van der Waals surface area (Å²) in [5, 5.41) is 44.0. The fourth-order valence-electron chi connectivity index (χ4n) is 2.90. The van der Waals surface area contributed by atoms with Crippen molar-refractivity contribution < 1.29 is 25.5 Å². The van der Waals surface area contributed by atoms with E-state index in [1.165, 1.54) is 11.1 Å². The number of para-hydroxylation sites is 2. The van der Waals surface area contributed by atoms with E-state index in [9.17, 15) is 0 Å². The molecule has 5 N–H and O–H groups in total. The highest BCUT2D eigenvalue weighted by Crippen LogP contribution is 2.12. The predicted octanol–water partition coefficient (Wildman–Crippen LogP) is 8.45. The Hall–Kier alpha value is -4.90. The molecule has 210 valence electrons. The molecule has 0 amide bonds. The van der Waals surface area contributed by atoms with Gasteiger partial charge in [-0.1, -0.05) is 85.3 Å². The molecule has 0 fully saturated rings. The maximum Gasteiger partial charge on any atom is 0.118 e. The van der Waals surface area contributed by atoms with Crippen LogP contribution in [0.1, 0.15) is 29.2 Å². The third-order valence-corrected chi connectivity index (χ3v) is 5.25. The Kier molecular flexibility index (Phi) is 15.9. The minimum Gasteiger partial charge on any atom is -0.508 e. The number of benzene rings is 5. The maximum atomic E-state index is 8.92. The molecule has 5 aromatic carbocycles. The molecule has 5 aromatic rings. The number of hydrogen-bond acceptors (Lipinski definition) is 5. The lowest BCUT2D eigenvalue weighted by molar-refractivity contribution is 0.471. The van der Waals surface area contributed by atoms with E-state index in [1.807, 2.05) is 81.4 Å². The van der Waals surface area contributed by atoms with Crippen molar-refractivity contribution in [2.24, 2.45) is 0 Å². The predicted molar refractivity (Wildman–Crippen MR) is 164 cm³/mol. The van der Waals surface area contributed by atoms with Crippen molar-refractivity contribution in [3.63, 3.8) is 0 Å². The maximum absolute atomic E-state index is 8.92.